The van der Waals surface area contributed by atoms with Gasteiger partial charge in [0.15, 0.2) is 5.03 Å². The van der Waals surface area contributed by atoms with Crippen LogP contribution in [0.25, 0.3) is 0 Å². The molecule has 0 saturated heterocycles. The Morgan fingerprint density at radius 1 is 1.14 bits per heavy atom. The minimum absolute atomic E-state index is 0.145. The molecule has 2 aliphatic carbocycles. The summed E-state index contributed by atoms with van der Waals surface area (Å²) in [5.74, 6) is 0.0385. The lowest BCUT2D eigenvalue weighted by Gasteiger charge is -2.32. The Bertz CT molecular complexity index is 917. The smallest absolute Gasteiger partial charge is 0.260 e. The highest BCUT2D eigenvalue weighted by Gasteiger charge is 2.39. The number of sulfonamides is 2. The van der Waals surface area contributed by atoms with Crippen LogP contribution in [0.4, 0.5) is 0 Å². The lowest BCUT2D eigenvalue weighted by Crippen LogP contribution is -2.55. The van der Waals surface area contributed by atoms with Crippen molar-refractivity contribution in [1.29, 1.82) is 0 Å². The Morgan fingerprint density at radius 2 is 1.79 bits per heavy atom. The molecular weight excluding hydrogens is 406 g/mol. The molecule has 1 aromatic heterocycles. The lowest BCUT2D eigenvalue weighted by molar-refractivity contribution is -0.121. The van der Waals surface area contributed by atoms with Crippen LogP contribution in [0.3, 0.4) is 0 Å². The Labute approximate surface area is 165 Å². The van der Waals surface area contributed by atoms with E-state index in [9.17, 15) is 21.6 Å². The predicted octanol–water partition coefficient (Wildman–Crippen LogP) is -0.484. The zero-order chi connectivity index (χ0) is 20.5. The second-order valence-corrected chi connectivity index (χ2v) is 11.2. The van der Waals surface area contributed by atoms with Gasteiger partial charge in [0.25, 0.3) is 10.0 Å². The third-order valence-electron chi connectivity index (χ3n) is 5.18. The van der Waals surface area contributed by atoms with Crippen LogP contribution in [-0.2, 0) is 31.9 Å². The number of amides is 1. The molecule has 0 radical (unpaired) electrons. The summed E-state index contributed by atoms with van der Waals surface area (Å²) in [6, 6.07) is -0.713. The second-order valence-electron chi connectivity index (χ2n) is 7.49. The minimum atomic E-state index is -3.90. The SMILES string of the molecule is Cc1nc(S(=O)(=O)NCC(=O)N[C@@H]2CCCC[C@H]2NS(=O)(=O)C2CC2)cn1C. The highest BCUT2D eigenvalue weighted by molar-refractivity contribution is 7.90. The van der Waals surface area contributed by atoms with E-state index in [1.165, 1.54) is 6.20 Å². The molecule has 2 atom stereocenters. The van der Waals surface area contributed by atoms with Crippen molar-refractivity contribution in [2.24, 2.45) is 7.05 Å². The van der Waals surface area contributed by atoms with Gasteiger partial charge in [-0.25, -0.2) is 31.3 Å². The highest BCUT2D eigenvalue weighted by Crippen LogP contribution is 2.29. The Morgan fingerprint density at radius 3 is 2.36 bits per heavy atom. The molecule has 0 bridgehead atoms. The largest absolute Gasteiger partial charge is 0.351 e. The molecule has 3 N–H and O–H groups in total. The first kappa shape index (κ1) is 21.2. The van der Waals surface area contributed by atoms with Crippen molar-refractivity contribution in [3.05, 3.63) is 12.0 Å². The lowest BCUT2D eigenvalue weighted by atomic mass is 9.91. The number of aromatic nitrogens is 2. The van der Waals surface area contributed by atoms with Crippen LogP contribution in [-0.4, -0.2) is 56.2 Å². The minimum Gasteiger partial charge on any atom is -0.351 e. The Kier molecular flexibility index (Phi) is 6.13. The molecular formula is C16H27N5O5S2. The number of nitrogens with one attached hydrogen (secondary N) is 3. The molecule has 1 aromatic rings. The standard InChI is InChI=1S/C16H27N5O5S2/c1-11-18-16(10-21(11)2)28(25,26)17-9-15(22)19-13-5-3-4-6-14(13)20-27(23,24)12-7-8-12/h10,12-14,17,20H,3-9H2,1-2H3,(H,19,22)/t13-,14-/m1/s1. The van der Waals surface area contributed by atoms with E-state index in [1.54, 1.807) is 18.5 Å². The number of aryl methyl sites for hydroxylation is 2. The normalized spacial score (nSPS) is 23.5. The van der Waals surface area contributed by atoms with Crippen LogP contribution < -0.4 is 14.8 Å². The maximum absolute atomic E-state index is 12.3. The molecule has 2 saturated carbocycles. The molecule has 0 spiro atoms. The number of rotatable bonds is 8. The topological polar surface area (TPSA) is 139 Å². The number of nitrogens with zero attached hydrogens (tertiary/aromatic N) is 2. The summed E-state index contributed by atoms with van der Waals surface area (Å²) in [6.45, 7) is 1.24. The van der Waals surface area contributed by atoms with Gasteiger partial charge in [0.2, 0.25) is 15.9 Å². The van der Waals surface area contributed by atoms with Gasteiger partial charge in [0, 0.05) is 25.3 Å². The fourth-order valence-corrected chi connectivity index (χ4v) is 5.95. The molecule has 0 unspecified atom stereocenters. The van der Waals surface area contributed by atoms with E-state index in [2.05, 4.69) is 19.7 Å². The monoisotopic (exact) mass is 433 g/mol. The Balaban J connectivity index is 1.56. The molecule has 28 heavy (non-hydrogen) atoms. The maximum atomic E-state index is 12.3. The first-order chi connectivity index (χ1) is 13.1. The molecule has 1 heterocycles. The first-order valence-electron chi connectivity index (χ1n) is 9.38. The van der Waals surface area contributed by atoms with Crippen molar-refractivity contribution < 1.29 is 21.6 Å². The summed E-state index contributed by atoms with van der Waals surface area (Å²) in [5.41, 5.74) is 0. The zero-order valence-corrected chi connectivity index (χ0v) is 17.6. The van der Waals surface area contributed by atoms with E-state index in [0.29, 0.717) is 31.5 Å². The van der Waals surface area contributed by atoms with E-state index >= 15 is 0 Å². The molecule has 0 aromatic carbocycles. The molecule has 2 fully saturated rings. The molecule has 10 nitrogen and oxygen atoms in total. The summed E-state index contributed by atoms with van der Waals surface area (Å²) in [5, 5.41) is 2.31. The predicted molar refractivity (Wildman–Crippen MR) is 102 cm³/mol. The average molecular weight is 434 g/mol. The van der Waals surface area contributed by atoms with E-state index in [4.69, 9.17) is 0 Å². The average Bonchev–Trinajstić information content (AvgIpc) is 3.42. The summed E-state index contributed by atoms with van der Waals surface area (Å²) >= 11 is 0. The van der Waals surface area contributed by atoms with E-state index in [1.807, 2.05) is 0 Å². The second kappa shape index (κ2) is 8.09. The van der Waals surface area contributed by atoms with Crippen LogP contribution in [0.2, 0.25) is 0 Å². The van der Waals surface area contributed by atoms with Gasteiger partial charge in [-0.05, 0) is 32.6 Å². The van der Waals surface area contributed by atoms with Gasteiger partial charge in [-0.15, -0.1) is 0 Å². The van der Waals surface area contributed by atoms with Crippen molar-refractivity contribution >= 4 is 26.0 Å². The molecule has 0 aliphatic heterocycles. The fraction of sp³-hybridized carbons (Fsp3) is 0.750. The first-order valence-corrected chi connectivity index (χ1v) is 12.4. The van der Waals surface area contributed by atoms with Crippen molar-refractivity contribution in [2.75, 3.05) is 6.54 Å². The van der Waals surface area contributed by atoms with Gasteiger partial charge in [-0.3, -0.25) is 4.79 Å². The van der Waals surface area contributed by atoms with Gasteiger partial charge < -0.3 is 9.88 Å². The fourth-order valence-electron chi connectivity index (χ4n) is 3.28. The number of hydrogen-bond donors (Lipinski definition) is 3. The van der Waals surface area contributed by atoms with Crippen molar-refractivity contribution in [3.8, 4) is 0 Å². The van der Waals surface area contributed by atoms with Crippen molar-refractivity contribution in [1.82, 2.24) is 24.3 Å². The molecule has 158 valence electrons. The van der Waals surface area contributed by atoms with Gasteiger partial charge in [-0.2, -0.15) is 0 Å². The van der Waals surface area contributed by atoms with Crippen molar-refractivity contribution in [2.45, 2.75) is 67.8 Å². The summed E-state index contributed by atoms with van der Waals surface area (Å²) in [4.78, 5) is 16.2. The van der Waals surface area contributed by atoms with E-state index in [-0.39, 0.29) is 22.4 Å². The summed E-state index contributed by atoms with van der Waals surface area (Å²) in [7, 11) is -5.57. The maximum Gasteiger partial charge on any atom is 0.260 e. The number of hydrogen-bond acceptors (Lipinski definition) is 6. The van der Waals surface area contributed by atoms with E-state index < -0.39 is 32.5 Å². The summed E-state index contributed by atoms with van der Waals surface area (Å²) in [6.07, 6.45) is 5.79. The zero-order valence-electron chi connectivity index (χ0n) is 16.0. The molecule has 12 heteroatoms. The molecule has 1 amide bonds. The van der Waals surface area contributed by atoms with Crippen LogP contribution in [0.15, 0.2) is 11.2 Å². The number of imidazole rings is 1. The highest BCUT2D eigenvalue weighted by atomic mass is 32.2. The Hall–Kier alpha value is -1.50. The van der Waals surface area contributed by atoms with Gasteiger partial charge in [0.05, 0.1) is 11.8 Å². The van der Waals surface area contributed by atoms with Gasteiger partial charge >= 0.3 is 0 Å². The van der Waals surface area contributed by atoms with Gasteiger partial charge in [0.1, 0.15) is 5.82 Å². The summed E-state index contributed by atoms with van der Waals surface area (Å²) < 4.78 is 55.5. The third-order valence-corrected chi connectivity index (χ3v) is 8.43. The quantitative estimate of drug-likeness (QED) is 0.506. The van der Waals surface area contributed by atoms with Crippen LogP contribution >= 0.6 is 0 Å². The number of carbonyl (C=O) groups is 1. The van der Waals surface area contributed by atoms with Crippen molar-refractivity contribution in [3.63, 3.8) is 0 Å². The van der Waals surface area contributed by atoms with Crippen LogP contribution in [0.5, 0.6) is 0 Å². The van der Waals surface area contributed by atoms with Gasteiger partial charge in [-0.1, -0.05) is 12.8 Å². The van der Waals surface area contributed by atoms with Crippen LogP contribution in [0.1, 0.15) is 44.3 Å². The van der Waals surface area contributed by atoms with E-state index in [0.717, 1.165) is 12.8 Å². The van der Waals surface area contributed by atoms with Crippen LogP contribution in [0, 0.1) is 6.92 Å². The number of carbonyl (C=O) groups excluding carboxylic acids is 1. The molecule has 2 aliphatic rings. The molecule has 3 rings (SSSR count). The third kappa shape index (κ3) is 5.10.